The number of methoxy groups -OCH3 is 2. The molecule has 170 valence electrons. The molecule has 0 bridgehead atoms. The average Bonchev–Trinajstić information content (AvgIpc) is 3.01. The van der Waals surface area contributed by atoms with E-state index in [9.17, 15) is 19.2 Å². The number of fused-ring (bicyclic) bond motifs is 2. The number of amides is 1. The molecule has 1 aromatic carbocycles. The third kappa shape index (κ3) is 3.19. The van der Waals surface area contributed by atoms with Gasteiger partial charge in [0.2, 0.25) is 11.8 Å². The second-order valence-corrected chi connectivity index (χ2v) is 6.92. The number of carbonyl (C=O) groups is 4. The Labute approximate surface area is 184 Å². The molecule has 0 radical (unpaired) electrons. The molecule has 2 N–H and O–H groups in total. The molecule has 0 fully saturated rings. The summed E-state index contributed by atoms with van der Waals surface area (Å²) >= 11 is 0. The zero-order chi connectivity index (χ0) is 23.6. The highest BCUT2D eigenvalue weighted by molar-refractivity contribution is 6.22. The van der Waals surface area contributed by atoms with Gasteiger partial charge in [0.15, 0.2) is 0 Å². The van der Waals surface area contributed by atoms with Crippen LogP contribution in [0.25, 0.3) is 0 Å². The van der Waals surface area contributed by atoms with Gasteiger partial charge in [0, 0.05) is 17.8 Å². The van der Waals surface area contributed by atoms with E-state index < -0.39 is 41.5 Å². The topological polar surface area (TPSA) is 134 Å². The van der Waals surface area contributed by atoms with Crippen LogP contribution in [0.5, 0.6) is 0 Å². The molecule has 1 unspecified atom stereocenters. The minimum Gasteiger partial charge on any atom is -0.469 e. The molecular weight excluding hydrogens is 420 g/mol. The summed E-state index contributed by atoms with van der Waals surface area (Å²) < 4.78 is 20.4. The molecule has 1 spiro atoms. The SMILES string of the molecule is CCOC(=O)C1=C(N)OC(CC(=O)OC)=C(C(=O)OC)C12C(=O)N(CC)c1ccccc12. The van der Waals surface area contributed by atoms with Gasteiger partial charge < -0.3 is 29.6 Å². The van der Waals surface area contributed by atoms with Crippen molar-refractivity contribution in [3.05, 3.63) is 52.6 Å². The van der Waals surface area contributed by atoms with Crippen molar-refractivity contribution in [3.8, 4) is 0 Å². The van der Waals surface area contributed by atoms with Crippen molar-refractivity contribution in [3.63, 3.8) is 0 Å². The highest BCUT2D eigenvalue weighted by Crippen LogP contribution is 2.54. The van der Waals surface area contributed by atoms with Gasteiger partial charge in [-0.2, -0.15) is 0 Å². The lowest BCUT2D eigenvalue weighted by Gasteiger charge is -2.36. The summed E-state index contributed by atoms with van der Waals surface area (Å²) in [6.45, 7) is 3.58. The molecule has 10 nitrogen and oxygen atoms in total. The fourth-order valence-electron chi connectivity index (χ4n) is 4.16. The molecular formula is C22H24N2O8. The summed E-state index contributed by atoms with van der Waals surface area (Å²) in [5, 5.41) is 0. The van der Waals surface area contributed by atoms with Crippen LogP contribution in [0.3, 0.4) is 0 Å². The van der Waals surface area contributed by atoms with Crippen LogP contribution in [-0.2, 0) is 43.5 Å². The molecule has 2 heterocycles. The van der Waals surface area contributed by atoms with E-state index in [1.54, 1.807) is 38.1 Å². The Hall–Kier alpha value is -3.82. The Morgan fingerprint density at radius 3 is 2.34 bits per heavy atom. The fraction of sp³-hybridized carbons (Fsp3) is 0.364. The first-order valence-electron chi connectivity index (χ1n) is 9.94. The second-order valence-electron chi connectivity index (χ2n) is 6.92. The normalized spacial score (nSPS) is 19.6. The number of hydrogen-bond donors (Lipinski definition) is 1. The summed E-state index contributed by atoms with van der Waals surface area (Å²) in [4.78, 5) is 53.7. The molecule has 3 rings (SSSR count). The van der Waals surface area contributed by atoms with Gasteiger partial charge in [-0.15, -0.1) is 0 Å². The summed E-state index contributed by atoms with van der Waals surface area (Å²) in [7, 11) is 2.28. The predicted octanol–water partition coefficient (Wildman–Crippen LogP) is 1.04. The van der Waals surface area contributed by atoms with E-state index in [1.807, 2.05) is 0 Å². The van der Waals surface area contributed by atoms with Crippen LogP contribution in [0, 0.1) is 0 Å². The lowest BCUT2D eigenvalue weighted by atomic mass is 9.67. The highest BCUT2D eigenvalue weighted by Gasteiger charge is 2.64. The Bertz CT molecular complexity index is 1060. The van der Waals surface area contributed by atoms with Gasteiger partial charge in [-0.1, -0.05) is 18.2 Å². The largest absolute Gasteiger partial charge is 0.469 e. The van der Waals surface area contributed by atoms with Gasteiger partial charge in [0.05, 0.1) is 20.8 Å². The number of likely N-dealkylation sites (N-methyl/N-ethyl adjacent to an activating group) is 1. The number of rotatable bonds is 6. The van der Waals surface area contributed by atoms with Crippen LogP contribution in [0.1, 0.15) is 25.8 Å². The Morgan fingerprint density at radius 1 is 1.06 bits per heavy atom. The molecule has 0 aliphatic carbocycles. The maximum Gasteiger partial charge on any atom is 0.341 e. The number of para-hydroxylation sites is 1. The smallest absolute Gasteiger partial charge is 0.341 e. The van der Waals surface area contributed by atoms with Crippen molar-refractivity contribution in [1.82, 2.24) is 0 Å². The summed E-state index contributed by atoms with van der Waals surface area (Å²) in [5.41, 5.74) is 4.25. The lowest BCUT2D eigenvalue weighted by molar-refractivity contribution is -0.142. The predicted molar refractivity (Wildman–Crippen MR) is 111 cm³/mol. The summed E-state index contributed by atoms with van der Waals surface area (Å²) in [6, 6.07) is 6.69. The van der Waals surface area contributed by atoms with Gasteiger partial charge in [0.25, 0.3) is 0 Å². The Morgan fingerprint density at radius 2 is 1.75 bits per heavy atom. The van der Waals surface area contributed by atoms with Gasteiger partial charge in [-0.3, -0.25) is 9.59 Å². The number of hydrogen-bond acceptors (Lipinski definition) is 9. The van der Waals surface area contributed by atoms with E-state index in [0.29, 0.717) is 11.3 Å². The third-order valence-corrected chi connectivity index (χ3v) is 5.39. The number of carbonyl (C=O) groups excluding carboxylic acids is 4. The fourth-order valence-corrected chi connectivity index (χ4v) is 4.16. The van der Waals surface area contributed by atoms with E-state index in [1.165, 1.54) is 4.90 Å². The Balaban J connectivity index is 2.47. The Kier molecular flexibility index (Phi) is 6.24. The van der Waals surface area contributed by atoms with Crippen LogP contribution in [0.15, 0.2) is 47.1 Å². The standard InChI is InChI=1S/C22H24N2O8/c1-5-24-13-10-8-7-9-12(13)22(21(24)28)16(19(26)30-4)14(11-15(25)29-3)32-18(23)17(22)20(27)31-6-2/h7-10H,5-6,11,23H2,1-4H3. The molecule has 0 saturated heterocycles. The number of nitrogens with zero attached hydrogens (tertiary/aromatic N) is 1. The molecule has 1 aromatic rings. The molecule has 10 heteroatoms. The maximum atomic E-state index is 14.0. The lowest BCUT2D eigenvalue weighted by Crippen LogP contribution is -2.51. The monoisotopic (exact) mass is 444 g/mol. The zero-order valence-corrected chi connectivity index (χ0v) is 18.2. The number of ether oxygens (including phenoxy) is 4. The average molecular weight is 444 g/mol. The maximum absolute atomic E-state index is 14.0. The van der Waals surface area contributed by atoms with Crippen molar-refractivity contribution >= 4 is 29.5 Å². The molecule has 2 aliphatic heterocycles. The van der Waals surface area contributed by atoms with Crippen molar-refractivity contribution in [2.75, 3.05) is 32.3 Å². The van der Waals surface area contributed by atoms with E-state index >= 15 is 0 Å². The molecule has 1 amide bonds. The number of benzene rings is 1. The van der Waals surface area contributed by atoms with Crippen molar-refractivity contribution in [1.29, 1.82) is 0 Å². The minimum absolute atomic E-state index is 0.00862. The molecule has 2 aliphatic rings. The van der Waals surface area contributed by atoms with Crippen LogP contribution in [0.4, 0.5) is 5.69 Å². The van der Waals surface area contributed by atoms with E-state index in [4.69, 9.17) is 24.7 Å². The van der Waals surface area contributed by atoms with Gasteiger partial charge in [-0.25, -0.2) is 9.59 Å². The molecule has 32 heavy (non-hydrogen) atoms. The number of esters is 3. The van der Waals surface area contributed by atoms with Crippen molar-refractivity contribution < 1.29 is 38.1 Å². The van der Waals surface area contributed by atoms with Crippen LogP contribution < -0.4 is 10.6 Å². The van der Waals surface area contributed by atoms with Crippen molar-refractivity contribution in [2.45, 2.75) is 25.7 Å². The first kappa shape index (κ1) is 22.9. The third-order valence-electron chi connectivity index (χ3n) is 5.39. The number of nitrogens with two attached hydrogens (primary N) is 1. The number of anilines is 1. The highest BCUT2D eigenvalue weighted by atomic mass is 16.5. The zero-order valence-electron chi connectivity index (χ0n) is 18.2. The molecule has 0 aromatic heterocycles. The summed E-state index contributed by atoms with van der Waals surface area (Å²) in [5.74, 6) is -3.93. The first-order valence-corrected chi connectivity index (χ1v) is 9.94. The summed E-state index contributed by atoms with van der Waals surface area (Å²) in [6.07, 6.45) is -0.513. The van der Waals surface area contributed by atoms with E-state index in [0.717, 1.165) is 14.2 Å². The molecule has 1 atom stereocenters. The van der Waals surface area contributed by atoms with E-state index in [2.05, 4.69) is 0 Å². The van der Waals surface area contributed by atoms with Crippen LogP contribution >= 0.6 is 0 Å². The van der Waals surface area contributed by atoms with Crippen molar-refractivity contribution in [2.24, 2.45) is 5.73 Å². The minimum atomic E-state index is -2.02. The van der Waals surface area contributed by atoms with Gasteiger partial charge in [0.1, 0.15) is 28.7 Å². The quantitative estimate of drug-likeness (QED) is 0.504. The van der Waals surface area contributed by atoms with Crippen LogP contribution in [0.2, 0.25) is 0 Å². The van der Waals surface area contributed by atoms with Crippen LogP contribution in [-0.4, -0.2) is 51.2 Å². The first-order chi connectivity index (χ1) is 15.3. The van der Waals surface area contributed by atoms with E-state index in [-0.39, 0.29) is 30.1 Å². The van der Waals surface area contributed by atoms with Gasteiger partial charge >= 0.3 is 17.9 Å². The second kappa shape index (κ2) is 8.74. The molecule has 0 saturated carbocycles. The van der Waals surface area contributed by atoms with Gasteiger partial charge in [-0.05, 0) is 19.9 Å².